The van der Waals surface area contributed by atoms with Crippen molar-refractivity contribution in [3.63, 3.8) is 0 Å². The number of hydrogen-bond acceptors (Lipinski definition) is 4. The fourth-order valence-electron chi connectivity index (χ4n) is 2.58. The lowest BCUT2D eigenvalue weighted by Gasteiger charge is -2.22. The zero-order valence-electron chi connectivity index (χ0n) is 11.0. The second-order valence-electron chi connectivity index (χ2n) is 4.83. The molecule has 5 nitrogen and oxygen atoms in total. The average molecular weight is 271 g/mol. The van der Waals surface area contributed by atoms with E-state index < -0.39 is 9.84 Å². The molecule has 1 fully saturated rings. The van der Waals surface area contributed by atoms with E-state index in [-0.39, 0.29) is 12.0 Å². The van der Waals surface area contributed by atoms with Crippen LogP contribution in [-0.4, -0.2) is 36.2 Å². The van der Waals surface area contributed by atoms with Crippen LogP contribution in [0.4, 0.5) is 0 Å². The van der Waals surface area contributed by atoms with Crippen LogP contribution in [0.15, 0.2) is 12.4 Å². The summed E-state index contributed by atoms with van der Waals surface area (Å²) in [5.41, 5.74) is 1.10. The maximum Gasteiger partial charge on any atom is 0.150 e. The van der Waals surface area contributed by atoms with Crippen molar-refractivity contribution in [2.75, 3.05) is 18.1 Å². The Kier molecular flexibility index (Phi) is 4.07. The molecule has 2 atom stereocenters. The third kappa shape index (κ3) is 2.92. The van der Waals surface area contributed by atoms with Gasteiger partial charge in [0.05, 0.1) is 17.7 Å². The lowest BCUT2D eigenvalue weighted by Crippen LogP contribution is -2.28. The highest BCUT2D eigenvalue weighted by atomic mass is 32.2. The number of aromatic nitrogens is 2. The van der Waals surface area contributed by atoms with Gasteiger partial charge in [0, 0.05) is 24.3 Å². The first-order chi connectivity index (χ1) is 8.55. The van der Waals surface area contributed by atoms with E-state index in [9.17, 15) is 8.42 Å². The smallest absolute Gasteiger partial charge is 0.150 e. The maximum atomic E-state index is 11.6. The van der Waals surface area contributed by atoms with E-state index in [1.165, 1.54) is 0 Å². The quantitative estimate of drug-likeness (QED) is 0.867. The van der Waals surface area contributed by atoms with Gasteiger partial charge in [0.2, 0.25) is 0 Å². The van der Waals surface area contributed by atoms with E-state index in [1.807, 2.05) is 30.9 Å². The fraction of sp³-hybridized carbons (Fsp3) is 0.750. The highest BCUT2D eigenvalue weighted by Crippen LogP contribution is 2.31. The van der Waals surface area contributed by atoms with Gasteiger partial charge in [-0.2, -0.15) is 5.10 Å². The van der Waals surface area contributed by atoms with Crippen LogP contribution in [0.5, 0.6) is 0 Å². The Bertz CT molecular complexity index is 495. The minimum absolute atomic E-state index is 0.104. The van der Waals surface area contributed by atoms with Gasteiger partial charge in [-0.3, -0.25) is 4.68 Å². The number of nitrogens with zero attached hydrogens (tertiary/aromatic N) is 2. The van der Waals surface area contributed by atoms with Gasteiger partial charge in [-0.05, 0) is 25.8 Å². The molecule has 0 amide bonds. The number of aryl methyl sites for hydroxylation is 1. The first-order valence-electron chi connectivity index (χ1n) is 6.52. The normalized spacial score (nSPS) is 24.2. The van der Waals surface area contributed by atoms with Crippen LogP contribution in [0.1, 0.15) is 31.9 Å². The third-order valence-corrected chi connectivity index (χ3v) is 5.29. The summed E-state index contributed by atoms with van der Waals surface area (Å²) in [4.78, 5) is 0. The van der Waals surface area contributed by atoms with E-state index in [0.717, 1.165) is 25.1 Å². The predicted octanol–water partition coefficient (Wildman–Crippen LogP) is 0.988. The van der Waals surface area contributed by atoms with Crippen molar-refractivity contribution in [1.82, 2.24) is 15.1 Å². The maximum absolute atomic E-state index is 11.6. The van der Waals surface area contributed by atoms with Crippen LogP contribution in [0, 0.1) is 5.92 Å². The van der Waals surface area contributed by atoms with Crippen LogP contribution in [0.3, 0.4) is 0 Å². The van der Waals surface area contributed by atoms with Crippen molar-refractivity contribution >= 4 is 9.84 Å². The lowest BCUT2D eigenvalue weighted by molar-refractivity contribution is 0.400. The molecule has 0 saturated carbocycles. The van der Waals surface area contributed by atoms with E-state index in [2.05, 4.69) is 10.4 Å². The predicted molar refractivity (Wildman–Crippen MR) is 71.1 cm³/mol. The van der Waals surface area contributed by atoms with E-state index in [1.54, 1.807) is 0 Å². The monoisotopic (exact) mass is 271 g/mol. The van der Waals surface area contributed by atoms with Crippen molar-refractivity contribution in [1.29, 1.82) is 0 Å². The Hall–Kier alpha value is -0.880. The standard InChI is InChI=1S/C12H21N3O2S/c1-3-13-12(10-5-6-18(16,17)9-10)11-7-14-15(4-2)8-11/h7-8,10,12-13H,3-6,9H2,1-2H3. The summed E-state index contributed by atoms with van der Waals surface area (Å²) in [5.74, 6) is 0.785. The lowest BCUT2D eigenvalue weighted by atomic mass is 9.94. The average Bonchev–Trinajstić information content (AvgIpc) is 2.92. The Labute approximate surface area is 108 Å². The van der Waals surface area contributed by atoms with Gasteiger partial charge in [-0.25, -0.2) is 8.42 Å². The first kappa shape index (κ1) is 13.5. The highest BCUT2D eigenvalue weighted by Gasteiger charge is 2.34. The van der Waals surface area contributed by atoms with Gasteiger partial charge in [-0.15, -0.1) is 0 Å². The molecular formula is C12H21N3O2S. The molecule has 1 aromatic rings. The highest BCUT2D eigenvalue weighted by molar-refractivity contribution is 7.91. The minimum atomic E-state index is -2.83. The Morgan fingerprint density at radius 3 is 2.83 bits per heavy atom. The topological polar surface area (TPSA) is 64.0 Å². The molecule has 1 aliphatic rings. The third-order valence-electron chi connectivity index (χ3n) is 3.50. The first-order valence-corrected chi connectivity index (χ1v) is 8.34. The number of sulfone groups is 1. The number of nitrogens with one attached hydrogen (secondary N) is 1. The summed E-state index contributed by atoms with van der Waals surface area (Å²) in [5, 5.41) is 7.67. The second-order valence-corrected chi connectivity index (χ2v) is 7.06. The van der Waals surface area contributed by atoms with Gasteiger partial charge in [0.15, 0.2) is 9.84 Å². The minimum Gasteiger partial charge on any atom is -0.310 e. The summed E-state index contributed by atoms with van der Waals surface area (Å²) in [6, 6.07) is 0.104. The van der Waals surface area contributed by atoms with Crippen LogP contribution < -0.4 is 5.32 Å². The molecule has 102 valence electrons. The van der Waals surface area contributed by atoms with Crippen molar-refractivity contribution in [2.24, 2.45) is 5.92 Å². The molecule has 6 heteroatoms. The zero-order chi connectivity index (χ0) is 13.2. The Morgan fingerprint density at radius 1 is 1.56 bits per heavy atom. The summed E-state index contributed by atoms with van der Waals surface area (Å²) >= 11 is 0. The summed E-state index contributed by atoms with van der Waals surface area (Å²) in [7, 11) is -2.83. The molecule has 1 saturated heterocycles. The van der Waals surface area contributed by atoms with Crippen LogP contribution >= 0.6 is 0 Å². The van der Waals surface area contributed by atoms with Crippen molar-refractivity contribution in [2.45, 2.75) is 32.9 Å². The van der Waals surface area contributed by atoms with Crippen molar-refractivity contribution in [3.05, 3.63) is 18.0 Å². The molecule has 0 aliphatic carbocycles. The molecule has 2 unspecified atom stereocenters. The molecule has 2 heterocycles. The van der Waals surface area contributed by atoms with Gasteiger partial charge < -0.3 is 5.32 Å². The largest absolute Gasteiger partial charge is 0.310 e. The molecule has 1 aliphatic heterocycles. The van der Waals surface area contributed by atoms with Gasteiger partial charge in [0.1, 0.15) is 0 Å². The van der Waals surface area contributed by atoms with Gasteiger partial charge in [-0.1, -0.05) is 6.92 Å². The molecule has 0 aromatic carbocycles. The number of hydrogen-bond donors (Lipinski definition) is 1. The van der Waals surface area contributed by atoms with Gasteiger partial charge >= 0.3 is 0 Å². The summed E-state index contributed by atoms with van der Waals surface area (Å²) in [6.07, 6.45) is 4.61. The number of rotatable bonds is 5. The molecule has 0 radical (unpaired) electrons. The van der Waals surface area contributed by atoms with Crippen LogP contribution in [0.2, 0.25) is 0 Å². The second kappa shape index (κ2) is 5.40. The molecular weight excluding hydrogens is 250 g/mol. The Morgan fingerprint density at radius 2 is 2.33 bits per heavy atom. The molecule has 18 heavy (non-hydrogen) atoms. The van der Waals surface area contributed by atoms with Crippen molar-refractivity contribution < 1.29 is 8.42 Å². The van der Waals surface area contributed by atoms with Crippen LogP contribution in [0.25, 0.3) is 0 Å². The Balaban J connectivity index is 2.18. The molecule has 0 spiro atoms. The summed E-state index contributed by atoms with van der Waals surface area (Å²) < 4.78 is 25.1. The summed E-state index contributed by atoms with van der Waals surface area (Å²) in [6.45, 7) is 5.75. The molecule has 0 bridgehead atoms. The molecule has 2 rings (SSSR count). The van der Waals surface area contributed by atoms with Crippen LogP contribution in [-0.2, 0) is 16.4 Å². The SMILES string of the molecule is CCNC(c1cnn(CC)c1)C1CCS(=O)(=O)C1. The van der Waals surface area contributed by atoms with E-state index in [4.69, 9.17) is 0 Å². The molecule has 1 aromatic heterocycles. The van der Waals surface area contributed by atoms with E-state index in [0.29, 0.717) is 11.5 Å². The molecule has 1 N–H and O–H groups in total. The zero-order valence-corrected chi connectivity index (χ0v) is 11.8. The van der Waals surface area contributed by atoms with E-state index >= 15 is 0 Å². The van der Waals surface area contributed by atoms with Gasteiger partial charge in [0.25, 0.3) is 0 Å². The fourth-order valence-corrected chi connectivity index (χ4v) is 4.42. The van der Waals surface area contributed by atoms with Crippen molar-refractivity contribution in [3.8, 4) is 0 Å².